The van der Waals surface area contributed by atoms with Crippen molar-refractivity contribution < 1.29 is 0 Å². The third-order valence-corrected chi connectivity index (χ3v) is 1.10. The molecule has 0 spiro atoms. The molecule has 0 unspecified atom stereocenters. The molecule has 49 valence electrons. The van der Waals surface area contributed by atoms with Crippen molar-refractivity contribution in [1.82, 2.24) is 0 Å². The van der Waals surface area contributed by atoms with Crippen LogP contribution in [-0.4, -0.2) is 0 Å². The molecule has 0 fully saturated rings. The third-order valence-electron chi connectivity index (χ3n) is 1.10. The average molecular weight is 121 g/mol. The van der Waals surface area contributed by atoms with E-state index < -0.39 is 0 Å². The molecule has 0 aromatic carbocycles. The van der Waals surface area contributed by atoms with E-state index in [0.717, 1.165) is 18.4 Å². The Labute approximate surface area is 57.6 Å². The molecule has 0 amide bonds. The fourth-order valence-electron chi connectivity index (χ4n) is 0.519. The van der Waals surface area contributed by atoms with E-state index in [1.54, 1.807) is 6.08 Å². The van der Waals surface area contributed by atoms with Crippen LogP contribution in [0.2, 0.25) is 0 Å². The summed E-state index contributed by atoms with van der Waals surface area (Å²) < 4.78 is 0. The first kappa shape index (κ1) is 8.22. The molecule has 0 heterocycles. The standard InChI is InChI=1S/C9H13/c1-4-6-7-8-9(3)5-2/h2,4-6H,3,7-8H2,1H3. The van der Waals surface area contributed by atoms with Crippen LogP contribution >= 0.6 is 0 Å². The molecule has 0 nitrogen and oxygen atoms in total. The summed E-state index contributed by atoms with van der Waals surface area (Å²) in [4.78, 5) is 0. The summed E-state index contributed by atoms with van der Waals surface area (Å²) in [6, 6.07) is 0. The predicted molar refractivity (Wildman–Crippen MR) is 42.1 cm³/mol. The molecule has 0 rings (SSSR count). The molecule has 0 aliphatic carbocycles. The molecule has 0 saturated heterocycles. The molecule has 0 N–H and O–H groups in total. The SMILES string of the molecule is [CH]=CC(=C)CCC=CC. The molecular weight excluding hydrogens is 108 g/mol. The van der Waals surface area contributed by atoms with Crippen LogP contribution < -0.4 is 0 Å². The van der Waals surface area contributed by atoms with Crippen LogP contribution in [0.1, 0.15) is 19.8 Å². The monoisotopic (exact) mass is 121 g/mol. The Morgan fingerprint density at radius 2 is 2.33 bits per heavy atom. The zero-order chi connectivity index (χ0) is 7.11. The lowest BCUT2D eigenvalue weighted by Crippen LogP contribution is -1.72. The van der Waals surface area contributed by atoms with Gasteiger partial charge in [0, 0.05) is 0 Å². The maximum atomic E-state index is 5.21. The van der Waals surface area contributed by atoms with Gasteiger partial charge in [0.15, 0.2) is 0 Å². The lowest BCUT2D eigenvalue weighted by atomic mass is 10.1. The minimum Gasteiger partial charge on any atom is -0.0958 e. The Bertz CT molecular complexity index is 118. The van der Waals surface area contributed by atoms with Crippen LogP contribution in [0.5, 0.6) is 0 Å². The van der Waals surface area contributed by atoms with Gasteiger partial charge in [-0.1, -0.05) is 37.0 Å². The second-order valence-corrected chi connectivity index (χ2v) is 1.93. The van der Waals surface area contributed by atoms with Crippen LogP contribution in [0.3, 0.4) is 0 Å². The first-order chi connectivity index (χ1) is 4.31. The molecule has 0 heteroatoms. The van der Waals surface area contributed by atoms with Gasteiger partial charge in [0.25, 0.3) is 0 Å². The molecule has 0 saturated carbocycles. The summed E-state index contributed by atoms with van der Waals surface area (Å²) >= 11 is 0. The van der Waals surface area contributed by atoms with Crippen molar-refractivity contribution in [3.8, 4) is 0 Å². The Kier molecular flexibility index (Phi) is 4.89. The number of rotatable bonds is 4. The van der Waals surface area contributed by atoms with Gasteiger partial charge in [-0.2, -0.15) is 0 Å². The highest BCUT2D eigenvalue weighted by atomic mass is 13.9. The summed E-state index contributed by atoms with van der Waals surface area (Å²) in [5.41, 5.74) is 1.01. The smallest absolute Gasteiger partial charge is 0.0250 e. The van der Waals surface area contributed by atoms with E-state index in [9.17, 15) is 0 Å². The van der Waals surface area contributed by atoms with Crippen molar-refractivity contribution in [3.05, 3.63) is 37.0 Å². The summed E-state index contributed by atoms with van der Waals surface area (Å²) in [7, 11) is 0. The van der Waals surface area contributed by atoms with Crippen molar-refractivity contribution in [1.29, 1.82) is 0 Å². The van der Waals surface area contributed by atoms with Crippen LogP contribution in [0.25, 0.3) is 0 Å². The highest BCUT2D eigenvalue weighted by Crippen LogP contribution is 2.02. The summed E-state index contributed by atoms with van der Waals surface area (Å²) in [6.45, 7) is 10.9. The molecule has 0 bridgehead atoms. The van der Waals surface area contributed by atoms with Gasteiger partial charge in [0.05, 0.1) is 0 Å². The van der Waals surface area contributed by atoms with E-state index in [4.69, 9.17) is 6.58 Å². The Hall–Kier alpha value is -0.780. The van der Waals surface area contributed by atoms with E-state index in [2.05, 4.69) is 12.7 Å². The van der Waals surface area contributed by atoms with Gasteiger partial charge >= 0.3 is 0 Å². The van der Waals surface area contributed by atoms with Gasteiger partial charge in [-0.15, -0.1) is 0 Å². The van der Waals surface area contributed by atoms with Crippen molar-refractivity contribution in [2.45, 2.75) is 19.8 Å². The van der Waals surface area contributed by atoms with Crippen LogP contribution in [0.4, 0.5) is 0 Å². The number of allylic oxidation sites excluding steroid dienone is 4. The van der Waals surface area contributed by atoms with Gasteiger partial charge in [-0.25, -0.2) is 0 Å². The van der Waals surface area contributed by atoms with E-state index in [0.29, 0.717) is 0 Å². The Morgan fingerprint density at radius 3 is 2.78 bits per heavy atom. The Morgan fingerprint density at radius 1 is 1.67 bits per heavy atom. The second-order valence-electron chi connectivity index (χ2n) is 1.93. The quantitative estimate of drug-likeness (QED) is 0.396. The van der Waals surface area contributed by atoms with Gasteiger partial charge < -0.3 is 0 Å². The minimum atomic E-state index is 0.973. The average Bonchev–Trinajstić information content (AvgIpc) is 1.89. The predicted octanol–water partition coefficient (Wildman–Crippen LogP) is 2.89. The van der Waals surface area contributed by atoms with Crippen molar-refractivity contribution >= 4 is 0 Å². The minimum absolute atomic E-state index is 0.973. The van der Waals surface area contributed by atoms with Gasteiger partial charge in [-0.05, 0) is 19.8 Å². The van der Waals surface area contributed by atoms with Crippen molar-refractivity contribution in [2.24, 2.45) is 0 Å². The van der Waals surface area contributed by atoms with E-state index >= 15 is 0 Å². The fourth-order valence-corrected chi connectivity index (χ4v) is 0.519. The maximum absolute atomic E-state index is 5.21. The summed E-state index contributed by atoms with van der Waals surface area (Å²) in [5.74, 6) is 0. The first-order valence-corrected chi connectivity index (χ1v) is 3.15. The zero-order valence-electron chi connectivity index (χ0n) is 5.93. The summed E-state index contributed by atoms with van der Waals surface area (Å²) in [5, 5.41) is 0. The van der Waals surface area contributed by atoms with E-state index in [1.165, 1.54) is 0 Å². The van der Waals surface area contributed by atoms with Crippen LogP contribution in [0, 0.1) is 6.58 Å². The van der Waals surface area contributed by atoms with Gasteiger partial charge in [0.2, 0.25) is 0 Å². The molecule has 0 aromatic heterocycles. The molecular formula is C9H13. The zero-order valence-corrected chi connectivity index (χ0v) is 5.93. The third kappa shape index (κ3) is 5.09. The lowest BCUT2D eigenvalue weighted by Gasteiger charge is -1.91. The first-order valence-electron chi connectivity index (χ1n) is 3.15. The largest absolute Gasteiger partial charge is 0.0958 e. The molecule has 0 aliphatic heterocycles. The number of hydrogen-bond acceptors (Lipinski definition) is 0. The van der Waals surface area contributed by atoms with Crippen LogP contribution in [-0.2, 0) is 0 Å². The van der Waals surface area contributed by atoms with Crippen molar-refractivity contribution in [2.75, 3.05) is 0 Å². The fraction of sp³-hybridized carbons (Fsp3) is 0.333. The van der Waals surface area contributed by atoms with E-state index in [1.807, 2.05) is 13.0 Å². The highest BCUT2D eigenvalue weighted by molar-refractivity contribution is 5.09. The van der Waals surface area contributed by atoms with Gasteiger partial charge in [0.1, 0.15) is 0 Å². The molecule has 0 atom stereocenters. The van der Waals surface area contributed by atoms with E-state index in [-0.39, 0.29) is 0 Å². The van der Waals surface area contributed by atoms with Crippen LogP contribution in [0.15, 0.2) is 30.4 Å². The molecule has 0 aromatic rings. The lowest BCUT2D eigenvalue weighted by molar-refractivity contribution is 1.01. The molecule has 1 radical (unpaired) electrons. The highest BCUT2D eigenvalue weighted by Gasteiger charge is 1.82. The summed E-state index contributed by atoms with van der Waals surface area (Å²) in [6.07, 6.45) is 7.71. The molecule has 9 heavy (non-hydrogen) atoms. The second kappa shape index (κ2) is 5.36. The normalized spacial score (nSPS) is 9.89. The van der Waals surface area contributed by atoms with Crippen molar-refractivity contribution in [3.63, 3.8) is 0 Å². The molecule has 0 aliphatic rings. The topological polar surface area (TPSA) is 0 Å². The number of hydrogen-bond donors (Lipinski definition) is 0. The van der Waals surface area contributed by atoms with Gasteiger partial charge in [-0.3, -0.25) is 0 Å². The Balaban J connectivity index is 3.27. The maximum Gasteiger partial charge on any atom is -0.0250 e.